The summed E-state index contributed by atoms with van der Waals surface area (Å²) in [5, 5.41) is 6.33. The molecular weight excluding hydrogens is 446 g/mol. The van der Waals surface area contributed by atoms with E-state index < -0.39 is 6.04 Å². The summed E-state index contributed by atoms with van der Waals surface area (Å²) >= 11 is 0. The number of hydrogen-bond acceptors (Lipinski definition) is 6. The highest BCUT2D eigenvalue weighted by Crippen LogP contribution is 2.32. The number of aldehydes is 1. The Bertz CT molecular complexity index is 899. The smallest absolute Gasteiger partial charge is 0.255 e. The second kappa shape index (κ2) is 12.0. The van der Waals surface area contributed by atoms with Gasteiger partial charge < -0.3 is 29.8 Å². The van der Waals surface area contributed by atoms with E-state index >= 15 is 0 Å². The van der Waals surface area contributed by atoms with Crippen LogP contribution < -0.4 is 15.4 Å². The molecule has 1 aromatic carbocycles. The summed E-state index contributed by atoms with van der Waals surface area (Å²) in [5.41, 5.74) is 1.48. The average molecular weight is 486 g/mol. The molecule has 2 saturated carbocycles. The van der Waals surface area contributed by atoms with E-state index in [1.165, 1.54) is 12.8 Å². The number of ether oxygens (including phenoxy) is 2. The molecule has 1 aliphatic heterocycles. The number of rotatable bonds is 11. The van der Waals surface area contributed by atoms with Crippen molar-refractivity contribution in [3.63, 3.8) is 0 Å². The van der Waals surface area contributed by atoms with Crippen molar-refractivity contribution in [3.8, 4) is 5.75 Å². The van der Waals surface area contributed by atoms with Crippen LogP contribution >= 0.6 is 0 Å². The Hall–Kier alpha value is -2.45. The molecule has 0 aromatic heterocycles. The number of fused-ring (bicyclic) bond motifs is 1. The van der Waals surface area contributed by atoms with Crippen molar-refractivity contribution >= 4 is 18.1 Å². The molecule has 2 fully saturated rings. The van der Waals surface area contributed by atoms with E-state index in [1.807, 2.05) is 19.2 Å². The highest BCUT2D eigenvalue weighted by atomic mass is 16.5. The zero-order chi connectivity index (χ0) is 24.8. The van der Waals surface area contributed by atoms with Gasteiger partial charge in [-0.3, -0.25) is 9.59 Å². The van der Waals surface area contributed by atoms with Gasteiger partial charge in [0.2, 0.25) is 5.91 Å². The zero-order valence-corrected chi connectivity index (χ0v) is 21.0. The maximum Gasteiger partial charge on any atom is 0.255 e. The first-order valence-electron chi connectivity index (χ1n) is 13.0. The number of nitrogens with zero attached hydrogens (tertiary/aromatic N) is 1. The van der Waals surface area contributed by atoms with Crippen molar-refractivity contribution in [2.75, 3.05) is 20.7 Å². The first-order chi connectivity index (χ1) is 17.0. The predicted octanol–water partition coefficient (Wildman–Crippen LogP) is 2.83. The number of hydrogen-bond donors (Lipinski definition) is 2. The summed E-state index contributed by atoms with van der Waals surface area (Å²) in [7, 11) is 3.37. The number of benzene rings is 1. The van der Waals surface area contributed by atoms with E-state index in [0.29, 0.717) is 36.6 Å². The maximum absolute atomic E-state index is 12.9. The van der Waals surface area contributed by atoms with Crippen LogP contribution in [0.1, 0.15) is 73.7 Å². The molecule has 3 unspecified atom stereocenters. The van der Waals surface area contributed by atoms with Gasteiger partial charge in [0, 0.05) is 38.7 Å². The van der Waals surface area contributed by atoms with Crippen LogP contribution in [0.25, 0.3) is 0 Å². The summed E-state index contributed by atoms with van der Waals surface area (Å²) in [4.78, 5) is 37.7. The molecule has 35 heavy (non-hydrogen) atoms. The van der Waals surface area contributed by atoms with Crippen molar-refractivity contribution in [1.82, 2.24) is 15.5 Å². The van der Waals surface area contributed by atoms with Crippen LogP contribution in [0.15, 0.2) is 18.2 Å². The SMILES string of the molecule is CNC(=O)CCC(C=O)N1Cc2cc(OC3CCCC3NCC3CCC(OC)CC3)ccc2C1=O. The fraction of sp³-hybridized carbons (Fsp3) is 0.667. The van der Waals surface area contributed by atoms with Crippen molar-refractivity contribution in [3.05, 3.63) is 29.3 Å². The third-order valence-corrected chi connectivity index (χ3v) is 7.95. The van der Waals surface area contributed by atoms with Crippen LogP contribution in [0.2, 0.25) is 0 Å². The number of carbonyl (C=O) groups excluding carboxylic acids is 3. The molecule has 2 amide bonds. The Balaban J connectivity index is 1.32. The van der Waals surface area contributed by atoms with Gasteiger partial charge in [-0.2, -0.15) is 0 Å². The number of amides is 2. The highest BCUT2D eigenvalue weighted by molar-refractivity contribution is 5.99. The molecule has 0 saturated heterocycles. The molecule has 8 nitrogen and oxygen atoms in total. The molecule has 2 aliphatic carbocycles. The summed E-state index contributed by atoms with van der Waals surface area (Å²) in [6.07, 6.45) is 9.82. The van der Waals surface area contributed by atoms with Crippen molar-refractivity contribution in [1.29, 1.82) is 0 Å². The van der Waals surface area contributed by atoms with E-state index in [9.17, 15) is 14.4 Å². The van der Waals surface area contributed by atoms with Gasteiger partial charge in [-0.05, 0) is 87.6 Å². The first kappa shape index (κ1) is 25.6. The Labute approximate surface area is 208 Å². The third kappa shape index (κ3) is 6.22. The standard InChI is InChI=1S/C27H39N3O5/c1-28-26(32)13-8-20(17-31)30-16-19-14-22(11-12-23(19)27(30)33)35-25-5-3-4-24(25)29-15-18-6-9-21(34-2)10-7-18/h11-12,14,17-18,20-21,24-25,29H,3-10,13,15-16H2,1-2H3,(H,28,32). The van der Waals surface area contributed by atoms with Crippen molar-refractivity contribution in [2.45, 2.75) is 88.6 Å². The summed E-state index contributed by atoms with van der Waals surface area (Å²) in [5.74, 6) is 1.17. The lowest BCUT2D eigenvalue weighted by molar-refractivity contribution is -0.121. The van der Waals surface area contributed by atoms with E-state index in [2.05, 4.69) is 10.6 Å². The Morgan fingerprint density at radius 3 is 2.71 bits per heavy atom. The van der Waals surface area contributed by atoms with Gasteiger partial charge >= 0.3 is 0 Å². The van der Waals surface area contributed by atoms with E-state index in [4.69, 9.17) is 9.47 Å². The largest absolute Gasteiger partial charge is 0.489 e. The van der Waals surface area contributed by atoms with Gasteiger partial charge in [0.05, 0.1) is 12.1 Å². The fourth-order valence-corrected chi connectivity index (χ4v) is 5.73. The highest BCUT2D eigenvalue weighted by Gasteiger charge is 2.34. The molecule has 3 atom stereocenters. The monoisotopic (exact) mass is 485 g/mol. The average Bonchev–Trinajstić information content (AvgIpc) is 3.46. The fourth-order valence-electron chi connectivity index (χ4n) is 5.73. The summed E-state index contributed by atoms with van der Waals surface area (Å²) < 4.78 is 11.9. The predicted molar refractivity (Wildman–Crippen MR) is 132 cm³/mol. The van der Waals surface area contributed by atoms with Crippen LogP contribution in [0.5, 0.6) is 5.75 Å². The number of carbonyl (C=O) groups is 3. The molecule has 0 bridgehead atoms. The van der Waals surface area contributed by atoms with Gasteiger partial charge in [0.25, 0.3) is 5.91 Å². The maximum atomic E-state index is 12.9. The Morgan fingerprint density at radius 2 is 2.00 bits per heavy atom. The minimum absolute atomic E-state index is 0.117. The summed E-state index contributed by atoms with van der Waals surface area (Å²) in [6, 6.07) is 5.33. The van der Waals surface area contributed by atoms with E-state index in [1.54, 1.807) is 18.0 Å². The Morgan fingerprint density at radius 1 is 1.20 bits per heavy atom. The molecule has 192 valence electrons. The second-order valence-corrected chi connectivity index (χ2v) is 10.1. The molecule has 2 N–H and O–H groups in total. The van der Waals surface area contributed by atoms with Gasteiger partial charge in [-0.15, -0.1) is 0 Å². The lowest BCUT2D eigenvalue weighted by atomic mass is 9.87. The summed E-state index contributed by atoms with van der Waals surface area (Å²) in [6.45, 7) is 1.39. The van der Waals surface area contributed by atoms with Gasteiger partial charge in [-0.25, -0.2) is 0 Å². The minimum atomic E-state index is -0.612. The quantitative estimate of drug-likeness (QED) is 0.468. The topological polar surface area (TPSA) is 97.0 Å². The zero-order valence-electron chi connectivity index (χ0n) is 21.0. The van der Waals surface area contributed by atoms with Gasteiger partial charge in [0.1, 0.15) is 18.1 Å². The first-order valence-corrected chi connectivity index (χ1v) is 13.0. The van der Waals surface area contributed by atoms with Gasteiger partial charge in [-0.1, -0.05) is 0 Å². The van der Waals surface area contributed by atoms with E-state index in [-0.39, 0.29) is 24.3 Å². The number of methoxy groups -OCH3 is 1. The lowest BCUT2D eigenvalue weighted by Crippen LogP contribution is -2.42. The molecule has 0 radical (unpaired) electrons. The minimum Gasteiger partial charge on any atom is -0.489 e. The molecule has 4 rings (SSSR count). The van der Waals surface area contributed by atoms with Gasteiger partial charge in [0.15, 0.2) is 0 Å². The van der Waals surface area contributed by atoms with Crippen LogP contribution in [0, 0.1) is 5.92 Å². The van der Waals surface area contributed by atoms with Crippen LogP contribution in [0.4, 0.5) is 0 Å². The van der Waals surface area contributed by atoms with Crippen molar-refractivity contribution < 1.29 is 23.9 Å². The lowest BCUT2D eigenvalue weighted by Gasteiger charge is -2.30. The van der Waals surface area contributed by atoms with Crippen molar-refractivity contribution in [2.24, 2.45) is 5.92 Å². The van der Waals surface area contributed by atoms with Crippen LogP contribution in [-0.4, -0.2) is 68.0 Å². The molecular formula is C27H39N3O5. The normalized spacial score (nSPS) is 26.9. The Kier molecular flexibility index (Phi) is 8.78. The number of nitrogens with one attached hydrogen (secondary N) is 2. The van der Waals surface area contributed by atoms with E-state index in [0.717, 1.165) is 56.2 Å². The molecule has 0 spiro atoms. The molecule has 1 aromatic rings. The molecule has 8 heteroatoms. The van der Waals surface area contributed by atoms with Crippen LogP contribution in [0.3, 0.4) is 0 Å². The third-order valence-electron chi connectivity index (χ3n) is 7.95. The molecule has 1 heterocycles. The van der Waals surface area contributed by atoms with Crippen LogP contribution in [-0.2, 0) is 20.9 Å². The second-order valence-electron chi connectivity index (χ2n) is 10.1. The molecule has 3 aliphatic rings.